The predicted molar refractivity (Wildman–Crippen MR) is 76.5 cm³/mol. The molecule has 4 atom stereocenters. The first-order chi connectivity index (χ1) is 9.28. The van der Waals surface area contributed by atoms with E-state index < -0.39 is 0 Å². The Hall–Kier alpha value is -1.06. The molecule has 0 saturated carbocycles. The van der Waals surface area contributed by atoms with E-state index in [1.165, 1.54) is 0 Å². The Morgan fingerprint density at radius 3 is 3.00 bits per heavy atom. The molecule has 0 aliphatic carbocycles. The first kappa shape index (κ1) is 11.7. The number of ketones is 1. The van der Waals surface area contributed by atoms with Crippen LogP contribution in [0.2, 0.25) is 0 Å². The maximum Gasteiger partial charge on any atom is 0.164 e. The van der Waals surface area contributed by atoms with Crippen molar-refractivity contribution in [3.63, 3.8) is 0 Å². The molecule has 0 amide bonds. The lowest BCUT2D eigenvalue weighted by atomic mass is 9.80. The number of rotatable bonds is 3. The van der Waals surface area contributed by atoms with Crippen molar-refractivity contribution in [1.82, 2.24) is 0 Å². The number of carbonyl (C=O) groups excluding carboxylic acids is 1. The second kappa shape index (κ2) is 4.22. The molecule has 0 unspecified atom stereocenters. The quantitative estimate of drug-likeness (QED) is 0.625. The van der Waals surface area contributed by atoms with Crippen molar-refractivity contribution in [3.8, 4) is 0 Å². The van der Waals surface area contributed by atoms with Crippen molar-refractivity contribution in [3.05, 3.63) is 48.0 Å². The van der Waals surface area contributed by atoms with Gasteiger partial charge in [0.2, 0.25) is 0 Å². The minimum Gasteiger partial charge on any atom is -0.362 e. The number of fused-ring (bicyclic) bond motifs is 1. The minimum absolute atomic E-state index is 0.139. The molecule has 1 spiro atoms. The fourth-order valence-corrected chi connectivity index (χ4v) is 5.28. The molecule has 1 aromatic carbocycles. The molecule has 0 aromatic heterocycles. The SMILES string of the molecule is O=C(C[C@H]1SC[C@@H]2C[C@H]3C=C[C@]21O3)c1ccccc1. The van der Waals surface area contributed by atoms with Crippen LogP contribution in [0.1, 0.15) is 23.2 Å². The maximum absolute atomic E-state index is 12.4. The number of ether oxygens (including phenoxy) is 1. The number of benzene rings is 1. The lowest BCUT2D eigenvalue weighted by molar-refractivity contribution is 0.0184. The lowest BCUT2D eigenvalue weighted by Crippen LogP contribution is -2.39. The van der Waals surface area contributed by atoms with E-state index in [9.17, 15) is 4.79 Å². The van der Waals surface area contributed by atoms with E-state index in [-0.39, 0.29) is 16.6 Å². The van der Waals surface area contributed by atoms with Gasteiger partial charge in [-0.15, -0.1) is 0 Å². The molecule has 0 N–H and O–H groups in total. The number of hydrogen-bond donors (Lipinski definition) is 0. The van der Waals surface area contributed by atoms with E-state index in [4.69, 9.17) is 4.74 Å². The number of carbonyl (C=O) groups is 1. The van der Waals surface area contributed by atoms with E-state index in [0.717, 1.165) is 17.7 Å². The predicted octanol–water partition coefficient (Wildman–Crippen LogP) is 3.09. The van der Waals surface area contributed by atoms with Crippen LogP contribution >= 0.6 is 11.8 Å². The highest BCUT2D eigenvalue weighted by Crippen LogP contribution is 2.55. The third kappa shape index (κ3) is 1.72. The lowest BCUT2D eigenvalue weighted by Gasteiger charge is -2.28. The zero-order chi connectivity index (χ0) is 12.9. The van der Waals surface area contributed by atoms with Gasteiger partial charge in [0.1, 0.15) is 5.60 Å². The van der Waals surface area contributed by atoms with Gasteiger partial charge >= 0.3 is 0 Å². The van der Waals surface area contributed by atoms with E-state index >= 15 is 0 Å². The summed E-state index contributed by atoms with van der Waals surface area (Å²) in [6.45, 7) is 0. The first-order valence-electron chi connectivity index (χ1n) is 6.85. The van der Waals surface area contributed by atoms with Gasteiger partial charge in [0.25, 0.3) is 0 Å². The second-order valence-electron chi connectivity index (χ2n) is 5.62. The summed E-state index contributed by atoms with van der Waals surface area (Å²) in [6, 6.07) is 9.60. The summed E-state index contributed by atoms with van der Waals surface area (Å²) in [6.07, 6.45) is 6.44. The Morgan fingerprint density at radius 2 is 2.21 bits per heavy atom. The van der Waals surface area contributed by atoms with E-state index in [2.05, 4.69) is 12.2 Å². The van der Waals surface area contributed by atoms with E-state index in [1.54, 1.807) is 0 Å². The summed E-state index contributed by atoms with van der Waals surface area (Å²) in [7, 11) is 0. The van der Waals surface area contributed by atoms with Crippen LogP contribution in [0.5, 0.6) is 0 Å². The Kier molecular flexibility index (Phi) is 2.61. The van der Waals surface area contributed by atoms with Crippen LogP contribution in [0.25, 0.3) is 0 Å². The third-order valence-electron chi connectivity index (χ3n) is 4.55. The van der Waals surface area contributed by atoms with Crippen LogP contribution in [0.3, 0.4) is 0 Å². The summed E-state index contributed by atoms with van der Waals surface area (Å²) in [5.74, 6) is 1.98. The van der Waals surface area contributed by atoms with Crippen LogP contribution in [0.15, 0.2) is 42.5 Å². The Bertz CT molecular complexity index is 539. The third-order valence-corrected chi connectivity index (χ3v) is 6.08. The van der Waals surface area contributed by atoms with Crippen molar-refractivity contribution in [2.75, 3.05) is 5.75 Å². The van der Waals surface area contributed by atoms with Crippen LogP contribution in [0, 0.1) is 5.92 Å². The molecule has 3 heterocycles. The normalized spacial score (nSPS) is 38.6. The van der Waals surface area contributed by atoms with Gasteiger partial charge in [-0.05, 0) is 12.2 Å². The summed E-state index contributed by atoms with van der Waals surface area (Å²) in [4.78, 5) is 12.4. The Labute approximate surface area is 117 Å². The smallest absolute Gasteiger partial charge is 0.164 e. The first-order valence-corrected chi connectivity index (χ1v) is 7.90. The van der Waals surface area contributed by atoms with Crippen LogP contribution in [0.4, 0.5) is 0 Å². The van der Waals surface area contributed by atoms with Gasteiger partial charge in [0, 0.05) is 23.2 Å². The molecule has 2 fully saturated rings. The monoisotopic (exact) mass is 272 g/mol. The minimum atomic E-state index is -0.139. The van der Waals surface area contributed by atoms with E-state index in [0.29, 0.717) is 18.4 Å². The van der Waals surface area contributed by atoms with Gasteiger partial charge in [-0.2, -0.15) is 11.8 Å². The molecular formula is C16H16O2S. The molecular weight excluding hydrogens is 256 g/mol. The summed E-state index contributed by atoms with van der Waals surface area (Å²) < 4.78 is 6.15. The van der Waals surface area contributed by atoms with Crippen molar-refractivity contribution < 1.29 is 9.53 Å². The average Bonchev–Trinajstić information content (AvgIpc) is 3.11. The molecule has 3 aliphatic heterocycles. The maximum atomic E-state index is 12.4. The fraction of sp³-hybridized carbons (Fsp3) is 0.438. The zero-order valence-electron chi connectivity index (χ0n) is 10.6. The van der Waals surface area contributed by atoms with Gasteiger partial charge in [-0.3, -0.25) is 4.79 Å². The van der Waals surface area contributed by atoms with E-state index in [1.807, 2.05) is 42.1 Å². The molecule has 4 rings (SSSR count). The topological polar surface area (TPSA) is 26.3 Å². The molecule has 2 nitrogen and oxygen atoms in total. The largest absolute Gasteiger partial charge is 0.362 e. The highest BCUT2D eigenvalue weighted by atomic mass is 32.2. The molecule has 2 bridgehead atoms. The standard InChI is InChI=1S/C16H16O2S/c17-14(11-4-2-1-3-5-11)9-15-16-7-6-13(18-16)8-12(16)10-19-15/h1-7,12-13,15H,8-10H2/t12-,13+,15+,16-/m0/s1. The van der Waals surface area contributed by atoms with Gasteiger partial charge in [-0.25, -0.2) is 0 Å². The summed E-state index contributed by atoms with van der Waals surface area (Å²) in [5, 5.41) is 0.286. The van der Waals surface area contributed by atoms with Gasteiger partial charge in [-0.1, -0.05) is 42.5 Å². The number of Topliss-reactive ketones (excluding diaryl/α,β-unsaturated/α-hetero) is 1. The van der Waals surface area contributed by atoms with Crippen LogP contribution in [-0.4, -0.2) is 28.5 Å². The molecule has 19 heavy (non-hydrogen) atoms. The van der Waals surface area contributed by atoms with Gasteiger partial charge in [0.15, 0.2) is 5.78 Å². The van der Waals surface area contributed by atoms with Crippen LogP contribution in [-0.2, 0) is 4.74 Å². The number of hydrogen-bond acceptors (Lipinski definition) is 3. The number of thioether (sulfide) groups is 1. The molecule has 3 aliphatic rings. The Balaban J connectivity index is 1.55. The highest BCUT2D eigenvalue weighted by molar-refractivity contribution is 8.00. The highest BCUT2D eigenvalue weighted by Gasteiger charge is 2.58. The molecule has 0 radical (unpaired) electrons. The van der Waals surface area contributed by atoms with Crippen molar-refractivity contribution in [1.29, 1.82) is 0 Å². The fourth-order valence-electron chi connectivity index (χ4n) is 3.56. The summed E-state index contributed by atoms with van der Waals surface area (Å²) in [5.41, 5.74) is 0.680. The van der Waals surface area contributed by atoms with Gasteiger partial charge < -0.3 is 4.74 Å². The molecule has 2 saturated heterocycles. The molecule has 98 valence electrons. The van der Waals surface area contributed by atoms with Gasteiger partial charge in [0.05, 0.1) is 6.10 Å². The molecule has 3 heteroatoms. The second-order valence-corrected chi connectivity index (χ2v) is 6.85. The Morgan fingerprint density at radius 1 is 1.37 bits per heavy atom. The summed E-state index contributed by atoms with van der Waals surface area (Å²) >= 11 is 1.91. The van der Waals surface area contributed by atoms with Crippen molar-refractivity contribution in [2.24, 2.45) is 5.92 Å². The average molecular weight is 272 g/mol. The zero-order valence-corrected chi connectivity index (χ0v) is 11.4. The van der Waals surface area contributed by atoms with Crippen molar-refractivity contribution in [2.45, 2.75) is 29.8 Å². The van der Waals surface area contributed by atoms with Crippen LogP contribution < -0.4 is 0 Å². The molecule has 1 aromatic rings. The van der Waals surface area contributed by atoms with Crippen molar-refractivity contribution >= 4 is 17.5 Å².